The van der Waals surface area contributed by atoms with Crippen LogP contribution in [0.25, 0.3) is 11.0 Å². The summed E-state index contributed by atoms with van der Waals surface area (Å²) in [6.07, 6.45) is 3.02. The van der Waals surface area contributed by atoms with Gasteiger partial charge in [0.2, 0.25) is 0 Å². The molecule has 2 atom stereocenters. The zero-order chi connectivity index (χ0) is 23.8. The SMILES string of the molecule is CCCOC(=O)C1=C(C)NC2=C(C(=O)C[C@H](c3cccs3)C2)[C@H]1c1coc2ccccc2c1=O. The van der Waals surface area contributed by atoms with Gasteiger partial charge in [-0.25, -0.2) is 4.79 Å². The van der Waals surface area contributed by atoms with Gasteiger partial charge < -0.3 is 14.5 Å². The molecule has 0 amide bonds. The van der Waals surface area contributed by atoms with Crippen molar-refractivity contribution in [1.82, 2.24) is 5.32 Å². The third-order valence-electron chi connectivity index (χ3n) is 6.45. The van der Waals surface area contributed by atoms with Gasteiger partial charge in [-0.2, -0.15) is 0 Å². The second kappa shape index (κ2) is 9.06. The second-order valence-electron chi connectivity index (χ2n) is 8.68. The fraction of sp³-hybridized carbons (Fsp3) is 0.296. The fourth-order valence-corrected chi connectivity index (χ4v) is 5.74. The molecule has 1 aromatic carbocycles. The molecule has 174 valence electrons. The molecule has 1 N–H and O–H groups in total. The van der Waals surface area contributed by atoms with Gasteiger partial charge in [-0.3, -0.25) is 9.59 Å². The lowest BCUT2D eigenvalue weighted by Gasteiger charge is -2.36. The van der Waals surface area contributed by atoms with E-state index in [4.69, 9.17) is 9.15 Å². The minimum absolute atomic E-state index is 0.0637. The molecule has 0 fully saturated rings. The molecular weight excluding hydrogens is 450 g/mol. The van der Waals surface area contributed by atoms with Crippen molar-refractivity contribution in [3.05, 3.63) is 91.2 Å². The average molecular weight is 476 g/mol. The number of dihydropyridines is 1. The van der Waals surface area contributed by atoms with E-state index >= 15 is 0 Å². The number of benzene rings is 1. The molecule has 1 aliphatic carbocycles. The van der Waals surface area contributed by atoms with Crippen molar-refractivity contribution in [2.75, 3.05) is 6.61 Å². The second-order valence-corrected chi connectivity index (χ2v) is 9.66. The van der Waals surface area contributed by atoms with Crippen LogP contribution < -0.4 is 10.7 Å². The Bertz CT molecular complexity index is 1400. The maximum Gasteiger partial charge on any atom is 0.336 e. The largest absolute Gasteiger partial charge is 0.464 e. The number of Topliss-reactive ketones (excluding diaryl/α,β-unsaturated/α-hetero) is 1. The van der Waals surface area contributed by atoms with Crippen molar-refractivity contribution in [3.8, 4) is 0 Å². The highest BCUT2D eigenvalue weighted by Gasteiger charge is 2.42. The van der Waals surface area contributed by atoms with E-state index in [0.717, 1.165) is 10.6 Å². The molecule has 0 bridgehead atoms. The predicted octanol–water partition coefficient (Wildman–Crippen LogP) is 5.17. The molecule has 1 aliphatic heterocycles. The Hall–Kier alpha value is -3.45. The van der Waals surface area contributed by atoms with E-state index in [1.165, 1.54) is 6.26 Å². The molecule has 34 heavy (non-hydrogen) atoms. The summed E-state index contributed by atoms with van der Waals surface area (Å²) >= 11 is 1.63. The van der Waals surface area contributed by atoms with E-state index in [2.05, 4.69) is 5.32 Å². The Morgan fingerprint density at radius 2 is 2.00 bits per heavy atom. The van der Waals surface area contributed by atoms with Gasteiger partial charge >= 0.3 is 5.97 Å². The number of ketones is 1. The number of hydrogen-bond acceptors (Lipinski definition) is 7. The lowest BCUT2D eigenvalue weighted by molar-refractivity contribution is -0.139. The number of thiophene rings is 1. The maximum atomic E-state index is 13.6. The number of allylic oxidation sites excluding steroid dienone is 3. The molecule has 0 unspecified atom stereocenters. The molecule has 0 saturated heterocycles. The molecule has 3 aromatic rings. The number of hydrogen-bond donors (Lipinski definition) is 1. The van der Waals surface area contributed by atoms with Crippen molar-refractivity contribution in [2.45, 2.75) is 44.9 Å². The predicted molar refractivity (Wildman–Crippen MR) is 131 cm³/mol. The molecule has 0 spiro atoms. The first kappa shape index (κ1) is 22.3. The summed E-state index contributed by atoms with van der Waals surface area (Å²) in [4.78, 5) is 41.5. The number of fused-ring (bicyclic) bond motifs is 1. The Labute approximate surface area is 200 Å². The quantitative estimate of drug-likeness (QED) is 0.513. The number of carbonyl (C=O) groups excluding carboxylic acids is 2. The van der Waals surface area contributed by atoms with Gasteiger partial charge in [0.25, 0.3) is 0 Å². The van der Waals surface area contributed by atoms with Crippen LogP contribution in [0.5, 0.6) is 0 Å². The highest BCUT2D eigenvalue weighted by atomic mass is 32.1. The van der Waals surface area contributed by atoms with Crippen LogP contribution in [0.2, 0.25) is 0 Å². The van der Waals surface area contributed by atoms with Crippen molar-refractivity contribution in [2.24, 2.45) is 0 Å². The first-order valence-electron chi connectivity index (χ1n) is 11.4. The molecule has 0 radical (unpaired) electrons. The topological polar surface area (TPSA) is 85.6 Å². The summed E-state index contributed by atoms with van der Waals surface area (Å²) in [5.74, 6) is -1.37. The van der Waals surface area contributed by atoms with Gasteiger partial charge in [0, 0.05) is 39.7 Å². The van der Waals surface area contributed by atoms with Gasteiger partial charge in [-0.1, -0.05) is 25.1 Å². The molecule has 7 heteroatoms. The Morgan fingerprint density at radius 3 is 2.76 bits per heavy atom. The standard InChI is InChI=1S/C27H25NO5S/c1-3-10-32-27(31)23-15(2)28-19-12-16(22-9-6-11-34-22)13-20(29)25(19)24(23)18-14-33-21-8-5-4-7-17(21)26(18)30/h4-9,11,14,16,24,28H,3,10,12-13H2,1-2H3/t16-,24+/m1/s1. The highest BCUT2D eigenvalue weighted by molar-refractivity contribution is 7.10. The number of para-hydroxylation sites is 1. The van der Waals surface area contributed by atoms with Crippen LogP contribution >= 0.6 is 11.3 Å². The van der Waals surface area contributed by atoms with Crippen LogP contribution in [-0.4, -0.2) is 18.4 Å². The van der Waals surface area contributed by atoms with Crippen LogP contribution in [0.15, 0.2) is 79.8 Å². The molecule has 2 aliphatic rings. The molecule has 6 nitrogen and oxygen atoms in total. The third kappa shape index (κ3) is 3.80. The Morgan fingerprint density at radius 1 is 1.18 bits per heavy atom. The van der Waals surface area contributed by atoms with Crippen LogP contribution in [0, 0.1) is 0 Å². The first-order valence-corrected chi connectivity index (χ1v) is 12.3. The van der Waals surface area contributed by atoms with E-state index in [0.29, 0.717) is 41.5 Å². The van der Waals surface area contributed by atoms with Crippen molar-refractivity contribution < 1.29 is 18.7 Å². The monoisotopic (exact) mass is 475 g/mol. The van der Waals surface area contributed by atoms with Gasteiger partial charge in [0.15, 0.2) is 11.2 Å². The normalized spacial score (nSPS) is 20.4. The molecular formula is C27H25NO5S. The Balaban J connectivity index is 1.67. The summed E-state index contributed by atoms with van der Waals surface area (Å²) in [6.45, 7) is 3.97. The summed E-state index contributed by atoms with van der Waals surface area (Å²) in [5, 5.41) is 5.74. The highest BCUT2D eigenvalue weighted by Crippen LogP contribution is 2.45. The molecule has 5 rings (SSSR count). The van der Waals surface area contributed by atoms with Gasteiger partial charge in [0.1, 0.15) is 5.58 Å². The lowest BCUT2D eigenvalue weighted by Crippen LogP contribution is -2.37. The minimum Gasteiger partial charge on any atom is -0.464 e. The number of ether oxygens (including phenoxy) is 1. The number of nitrogens with one attached hydrogen (secondary N) is 1. The van der Waals surface area contributed by atoms with Gasteiger partial charge in [-0.05, 0) is 43.3 Å². The van der Waals surface area contributed by atoms with Crippen molar-refractivity contribution >= 4 is 34.1 Å². The summed E-state index contributed by atoms with van der Waals surface area (Å²) in [6, 6.07) is 11.0. The van der Waals surface area contributed by atoms with Crippen LogP contribution in [0.4, 0.5) is 0 Å². The van der Waals surface area contributed by atoms with E-state index in [-0.39, 0.29) is 34.9 Å². The zero-order valence-electron chi connectivity index (χ0n) is 19.1. The van der Waals surface area contributed by atoms with Gasteiger partial charge in [0.05, 0.1) is 29.7 Å². The smallest absolute Gasteiger partial charge is 0.336 e. The zero-order valence-corrected chi connectivity index (χ0v) is 19.9. The number of esters is 1. The van der Waals surface area contributed by atoms with Crippen molar-refractivity contribution in [1.29, 1.82) is 0 Å². The van der Waals surface area contributed by atoms with Crippen LogP contribution in [0.1, 0.15) is 55.4 Å². The van der Waals surface area contributed by atoms with E-state index in [1.54, 1.807) is 42.5 Å². The fourth-order valence-electron chi connectivity index (χ4n) is 4.91. The number of rotatable bonds is 5. The maximum absolute atomic E-state index is 13.6. The molecule has 3 heterocycles. The van der Waals surface area contributed by atoms with Gasteiger partial charge in [-0.15, -0.1) is 11.3 Å². The number of carbonyl (C=O) groups is 2. The average Bonchev–Trinajstić information content (AvgIpc) is 3.37. The summed E-state index contributed by atoms with van der Waals surface area (Å²) < 4.78 is 11.3. The Kier molecular flexibility index (Phi) is 5.96. The van der Waals surface area contributed by atoms with Crippen LogP contribution in [-0.2, 0) is 14.3 Å². The van der Waals surface area contributed by atoms with E-state index in [9.17, 15) is 14.4 Å². The van der Waals surface area contributed by atoms with Crippen LogP contribution in [0.3, 0.4) is 0 Å². The van der Waals surface area contributed by atoms with E-state index < -0.39 is 11.9 Å². The summed E-state index contributed by atoms with van der Waals surface area (Å²) in [7, 11) is 0. The molecule has 2 aromatic heterocycles. The minimum atomic E-state index is -0.835. The van der Waals surface area contributed by atoms with Crippen molar-refractivity contribution in [3.63, 3.8) is 0 Å². The third-order valence-corrected chi connectivity index (χ3v) is 7.48. The lowest BCUT2D eigenvalue weighted by atomic mass is 9.73. The first-order chi connectivity index (χ1) is 16.5. The van der Waals surface area contributed by atoms with E-state index in [1.807, 2.05) is 24.4 Å². The summed E-state index contributed by atoms with van der Waals surface area (Å²) in [5.41, 5.74) is 2.60. The molecule has 0 saturated carbocycles.